The van der Waals surface area contributed by atoms with E-state index >= 15 is 0 Å². The first kappa shape index (κ1) is 16.1. The van der Waals surface area contributed by atoms with E-state index in [4.69, 9.17) is 4.74 Å². The van der Waals surface area contributed by atoms with Crippen LogP contribution in [0.3, 0.4) is 0 Å². The van der Waals surface area contributed by atoms with Crippen LogP contribution < -0.4 is 0 Å². The van der Waals surface area contributed by atoms with Gasteiger partial charge in [0.25, 0.3) is 5.91 Å². The number of thioether (sulfide) groups is 1. The van der Waals surface area contributed by atoms with Crippen LogP contribution in [0, 0.1) is 5.92 Å². The molecule has 1 aromatic carbocycles. The van der Waals surface area contributed by atoms with Gasteiger partial charge < -0.3 is 9.64 Å². The summed E-state index contributed by atoms with van der Waals surface area (Å²) in [5.41, 5.74) is 0.745. The lowest BCUT2D eigenvalue weighted by Gasteiger charge is -2.24. The summed E-state index contributed by atoms with van der Waals surface area (Å²) in [6.07, 6.45) is 2.03. The second-order valence-corrected chi connectivity index (χ2v) is 5.75. The van der Waals surface area contributed by atoms with Gasteiger partial charge in [-0.3, -0.25) is 4.79 Å². The third kappa shape index (κ3) is 5.25. The largest absolute Gasteiger partial charge is 0.383 e. The van der Waals surface area contributed by atoms with E-state index in [9.17, 15) is 4.79 Å². The molecule has 0 aliphatic carbocycles. The van der Waals surface area contributed by atoms with E-state index in [1.807, 2.05) is 35.4 Å². The Balaban J connectivity index is 2.78. The van der Waals surface area contributed by atoms with Crippen molar-refractivity contribution in [3.05, 3.63) is 29.8 Å². The Morgan fingerprint density at radius 2 is 1.95 bits per heavy atom. The molecule has 1 amide bonds. The van der Waals surface area contributed by atoms with E-state index in [1.54, 1.807) is 18.9 Å². The number of nitrogens with zero attached hydrogens (tertiary/aromatic N) is 1. The first-order valence-electron chi connectivity index (χ1n) is 6.50. The topological polar surface area (TPSA) is 29.5 Å². The summed E-state index contributed by atoms with van der Waals surface area (Å²) in [5, 5.41) is 0. The van der Waals surface area contributed by atoms with E-state index in [0.717, 1.165) is 12.1 Å². The van der Waals surface area contributed by atoms with E-state index < -0.39 is 0 Å². The van der Waals surface area contributed by atoms with Crippen molar-refractivity contribution in [3.63, 3.8) is 0 Å². The Morgan fingerprint density at radius 3 is 2.42 bits per heavy atom. The van der Waals surface area contributed by atoms with Crippen molar-refractivity contribution in [3.8, 4) is 0 Å². The quantitative estimate of drug-likeness (QED) is 0.719. The average Bonchev–Trinajstić information content (AvgIpc) is 2.42. The second-order valence-electron chi connectivity index (χ2n) is 4.87. The molecule has 0 heterocycles. The highest BCUT2D eigenvalue weighted by Gasteiger charge is 2.16. The van der Waals surface area contributed by atoms with Crippen molar-refractivity contribution in [2.75, 3.05) is 33.1 Å². The molecular weight excluding hydrogens is 258 g/mol. The summed E-state index contributed by atoms with van der Waals surface area (Å²) in [6.45, 7) is 6.19. The summed E-state index contributed by atoms with van der Waals surface area (Å²) in [4.78, 5) is 15.5. The highest BCUT2D eigenvalue weighted by molar-refractivity contribution is 7.98. The minimum Gasteiger partial charge on any atom is -0.383 e. The van der Waals surface area contributed by atoms with Gasteiger partial charge >= 0.3 is 0 Å². The van der Waals surface area contributed by atoms with Crippen molar-refractivity contribution < 1.29 is 9.53 Å². The van der Waals surface area contributed by atoms with Crippen LogP contribution >= 0.6 is 11.8 Å². The molecule has 19 heavy (non-hydrogen) atoms. The fourth-order valence-electron chi connectivity index (χ4n) is 1.83. The zero-order chi connectivity index (χ0) is 14.3. The number of ether oxygens (including phenoxy) is 1. The first-order valence-corrected chi connectivity index (χ1v) is 7.73. The molecule has 106 valence electrons. The highest BCUT2D eigenvalue weighted by atomic mass is 32.2. The molecule has 0 atom stereocenters. The molecule has 0 saturated carbocycles. The molecule has 0 spiro atoms. The van der Waals surface area contributed by atoms with Crippen LogP contribution in [0.2, 0.25) is 0 Å². The Kier molecular flexibility index (Phi) is 6.95. The Bertz CT molecular complexity index is 390. The summed E-state index contributed by atoms with van der Waals surface area (Å²) in [6, 6.07) is 7.77. The summed E-state index contributed by atoms with van der Waals surface area (Å²) >= 11 is 1.68. The van der Waals surface area contributed by atoms with Gasteiger partial charge in [0, 0.05) is 30.7 Å². The lowest BCUT2D eigenvalue weighted by molar-refractivity contribution is 0.0672. The third-order valence-corrected chi connectivity index (χ3v) is 3.52. The van der Waals surface area contributed by atoms with Crippen molar-refractivity contribution >= 4 is 17.7 Å². The Hall–Kier alpha value is -1.00. The van der Waals surface area contributed by atoms with E-state index in [2.05, 4.69) is 13.8 Å². The van der Waals surface area contributed by atoms with Crippen LogP contribution in [0.5, 0.6) is 0 Å². The Labute approximate surface area is 120 Å². The maximum Gasteiger partial charge on any atom is 0.253 e. The molecule has 4 heteroatoms. The SMILES string of the molecule is COCCN(CC(C)C)C(=O)c1ccc(SC)cc1. The van der Waals surface area contributed by atoms with Crippen LogP contribution in [0.25, 0.3) is 0 Å². The maximum absolute atomic E-state index is 12.4. The molecule has 0 aliphatic heterocycles. The summed E-state index contributed by atoms with van der Waals surface area (Å²) in [7, 11) is 1.66. The van der Waals surface area contributed by atoms with E-state index in [1.165, 1.54) is 4.90 Å². The molecule has 1 rings (SSSR count). The van der Waals surface area contributed by atoms with Crippen molar-refractivity contribution in [2.45, 2.75) is 18.7 Å². The minimum absolute atomic E-state index is 0.0819. The van der Waals surface area contributed by atoms with Gasteiger partial charge in [0.15, 0.2) is 0 Å². The molecule has 3 nitrogen and oxygen atoms in total. The lowest BCUT2D eigenvalue weighted by Crippen LogP contribution is -2.36. The summed E-state index contributed by atoms with van der Waals surface area (Å²) in [5.74, 6) is 0.532. The second kappa shape index (κ2) is 8.23. The number of benzene rings is 1. The first-order chi connectivity index (χ1) is 9.08. The molecule has 0 aliphatic rings. The van der Waals surface area contributed by atoms with Crippen LogP contribution in [-0.2, 0) is 4.74 Å². The van der Waals surface area contributed by atoms with Crippen LogP contribution in [-0.4, -0.2) is 43.9 Å². The van der Waals surface area contributed by atoms with Gasteiger partial charge in [-0.1, -0.05) is 13.8 Å². The number of carbonyl (C=O) groups excluding carboxylic acids is 1. The van der Waals surface area contributed by atoms with Crippen molar-refractivity contribution in [1.82, 2.24) is 4.90 Å². The van der Waals surface area contributed by atoms with E-state index in [-0.39, 0.29) is 5.91 Å². The average molecular weight is 281 g/mol. The zero-order valence-electron chi connectivity index (χ0n) is 12.2. The predicted molar refractivity (Wildman–Crippen MR) is 80.8 cm³/mol. The number of amides is 1. The molecule has 0 aromatic heterocycles. The number of methoxy groups -OCH3 is 1. The van der Waals surface area contributed by atoms with Gasteiger partial charge in [0.1, 0.15) is 0 Å². The number of hydrogen-bond acceptors (Lipinski definition) is 3. The highest BCUT2D eigenvalue weighted by Crippen LogP contribution is 2.16. The number of carbonyl (C=O) groups is 1. The summed E-state index contributed by atoms with van der Waals surface area (Å²) < 4.78 is 5.08. The molecule has 0 N–H and O–H groups in total. The van der Waals surface area contributed by atoms with Gasteiger partial charge in [0.2, 0.25) is 0 Å². The molecule has 0 fully saturated rings. The fourth-order valence-corrected chi connectivity index (χ4v) is 2.24. The molecule has 0 saturated heterocycles. The molecule has 0 unspecified atom stereocenters. The van der Waals surface area contributed by atoms with Gasteiger partial charge in [-0.15, -0.1) is 11.8 Å². The van der Waals surface area contributed by atoms with E-state index in [0.29, 0.717) is 19.1 Å². The lowest BCUT2D eigenvalue weighted by atomic mass is 10.1. The molecule has 0 bridgehead atoms. The molecule has 0 radical (unpaired) electrons. The Morgan fingerprint density at radius 1 is 1.32 bits per heavy atom. The fraction of sp³-hybridized carbons (Fsp3) is 0.533. The van der Waals surface area contributed by atoms with Crippen LogP contribution in [0.4, 0.5) is 0 Å². The van der Waals surface area contributed by atoms with Gasteiger partial charge in [-0.25, -0.2) is 0 Å². The van der Waals surface area contributed by atoms with Gasteiger partial charge in [-0.2, -0.15) is 0 Å². The standard InChI is InChI=1S/C15H23NO2S/c1-12(2)11-16(9-10-18-3)15(17)13-5-7-14(19-4)8-6-13/h5-8,12H,9-11H2,1-4H3. The minimum atomic E-state index is 0.0819. The third-order valence-electron chi connectivity index (χ3n) is 2.78. The normalized spacial score (nSPS) is 10.8. The van der Waals surface area contributed by atoms with Gasteiger partial charge in [-0.05, 0) is 36.4 Å². The number of rotatable bonds is 7. The van der Waals surface area contributed by atoms with Crippen LogP contribution in [0.15, 0.2) is 29.2 Å². The predicted octanol–water partition coefficient (Wildman–Crippen LogP) is 3.15. The molecular formula is C15H23NO2S. The van der Waals surface area contributed by atoms with Crippen LogP contribution in [0.1, 0.15) is 24.2 Å². The number of hydrogen-bond donors (Lipinski definition) is 0. The van der Waals surface area contributed by atoms with Crippen molar-refractivity contribution in [1.29, 1.82) is 0 Å². The smallest absolute Gasteiger partial charge is 0.253 e. The zero-order valence-corrected chi connectivity index (χ0v) is 13.0. The maximum atomic E-state index is 12.4. The molecule has 1 aromatic rings. The van der Waals surface area contributed by atoms with Gasteiger partial charge in [0.05, 0.1) is 6.61 Å². The monoisotopic (exact) mass is 281 g/mol. The van der Waals surface area contributed by atoms with Crippen molar-refractivity contribution in [2.24, 2.45) is 5.92 Å².